The van der Waals surface area contributed by atoms with Crippen LogP contribution in [0.5, 0.6) is 0 Å². The Morgan fingerprint density at radius 1 is 0.896 bits per heavy atom. The van der Waals surface area contributed by atoms with Crippen molar-refractivity contribution in [2.75, 3.05) is 0 Å². The molecule has 0 aromatic heterocycles. The molecule has 272 valence electrons. The minimum atomic E-state index is -0.959. The average Bonchev–Trinajstić information content (AvgIpc) is 3.27. The largest absolute Gasteiger partial charge is 0.478 e. The zero-order chi connectivity index (χ0) is 35.4. The van der Waals surface area contributed by atoms with Gasteiger partial charge in [-0.05, 0) is 117 Å². The summed E-state index contributed by atoms with van der Waals surface area (Å²) in [5.41, 5.74) is 1.42. The van der Waals surface area contributed by atoms with E-state index in [9.17, 15) is 24.6 Å². The minimum Gasteiger partial charge on any atom is -0.478 e. The summed E-state index contributed by atoms with van der Waals surface area (Å²) in [6.45, 7) is 16.8. The van der Waals surface area contributed by atoms with Gasteiger partial charge < -0.3 is 19.7 Å². The lowest BCUT2D eigenvalue weighted by atomic mass is 9.36. The zero-order valence-electron chi connectivity index (χ0n) is 31.4. The molecule has 0 unspecified atom stereocenters. The van der Waals surface area contributed by atoms with Gasteiger partial charge in [0.15, 0.2) is 0 Å². The SMILES string of the molecule is CCCCCCCCCC(=O)O[C@@H]1CC[C@@]2(C)[C@@H](CC[C@@]3(C)[C@H]2[C@H](O)C[C@H]2/C(=C(\CCC=C(C)C)C(=O)O)[C@@H](OC(C)=O)C[C@@]23C)[C@@H]1C. The summed E-state index contributed by atoms with van der Waals surface area (Å²) < 4.78 is 12.1. The molecule has 0 aromatic rings. The third-order valence-electron chi connectivity index (χ3n) is 13.8. The molecule has 4 aliphatic carbocycles. The van der Waals surface area contributed by atoms with Gasteiger partial charge in [0.05, 0.1) is 6.10 Å². The molecule has 0 amide bonds. The number of hydrogen-bond acceptors (Lipinski definition) is 6. The van der Waals surface area contributed by atoms with Gasteiger partial charge in [-0.2, -0.15) is 0 Å². The number of fused-ring (bicyclic) bond motifs is 5. The zero-order valence-corrected chi connectivity index (χ0v) is 31.4. The number of aliphatic hydroxyl groups is 1. The van der Waals surface area contributed by atoms with Gasteiger partial charge in [0, 0.05) is 18.9 Å². The van der Waals surface area contributed by atoms with Crippen molar-refractivity contribution in [3.05, 3.63) is 22.8 Å². The van der Waals surface area contributed by atoms with Crippen molar-refractivity contribution < 1.29 is 34.1 Å². The number of allylic oxidation sites excluding steroid dienone is 2. The van der Waals surface area contributed by atoms with E-state index in [1.165, 1.54) is 39.0 Å². The van der Waals surface area contributed by atoms with Crippen LogP contribution in [0.3, 0.4) is 0 Å². The van der Waals surface area contributed by atoms with Crippen LogP contribution in [0.1, 0.15) is 158 Å². The Labute approximate surface area is 290 Å². The lowest BCUT2D eigenvalue weighted by Gasteiger charge is -2.69. The maximum absolute atomic E-state index is 12.9. The molecule has 4 aliphatic rings. The Morgan fingerprint density at radius 2 is 1.56 bits per heavy atom. The highest BCUT2D eigenvalue weighted by atomic mass is 16.5. The van der Waals surface area contributed by atoms with Gasteiger partial charge in [-0.15, -0.1) is 0 Å². The molecule has 7 nitrogen and oxygen atoms in total. The number of rotatable bonds is 14. The number of ether oxygens (including phenoxy) is 2. The smallest absolute Gasteiger partial charge is 0.331 e. The van der Waals surface area contributed by atoms with Gasteiger partial charge in [0.25, 0.3) is 0 Å². The van der Waals surface area contributed by atoms with E-state index in [0.29, 0.717) is 43.6 Å². The number of aliphatic hydroxyl groups excluding tert-OH is 1. The summed E-state index contributed by atoms with van der Waals surface area (Å²) in [6, 6.07) is 0. The molecule has 0 radical (unpaired) electrons. The Kier molecular flexibility index (Phi) is 12.7. The molecule has 0 spiro atoms. The first-order valence-electron chi connectivity index (χ1n) is 19.2. The van der Waals surface area contributed by atoms with Crippen molar-refractivity contribution in [1.82, 2.24) is 0 Å². The van der Waals surface area contributed by atoms with E-state index in [0.717, 1.165) is 49.7 Å². The molecule has 0 bridgehead atoms. The van der Waals surface area contributed by atoms with Crippen molar-refractivity contribution in [3.8, 4) is 0 Å². The van der Waals surface area contributed by atoms with E-state index in [2.05, 4.69) is 40.7 Å². The van der Waals surface area contributed by atoms with E-state index in [1.807, 2.05) is 13.8 Å². The number of aliphatic carboxylic acids is 1. The van der Waals surface area contributed by atoms with Crippen LogP contribution in [0.25, 0.3) is 0 Å². The summed E-state index contributed by atoms with van der Waals surface area (Å²) in [5, 5.41) is 22.7. The normalized spacial score (nSPS) is 38.2. The molecule has 4 fully saturated rings. The van der Waals surface area contributed by atoms with Gasteiger partial charge in [-0.25, -0.2) is 4.79 Å². The Hall–Kier alpha value is -2.15. The number of hydrogen-bond donors (Lipinski definition) is 2. The first kappa shape index (κ1) is 38.6. The van der Waals surface area contributed by atoms with Crippen LogP contribution in [-0.2, 0) is 23.9 Å². The number of unbranched alkanes of at least 4 members (excludes halogenated alkanes) is 6. The third kappa shape index (κ3) is 7.61. The molecule has 0 heterocycles. The van der Waals surface area contributed by atoms with Crippen LogP contribution in [0.2, 0.25) is 0 Å². The molecule has 0 aliphatic heterocycles. The second-order valence-corrected chi connectivity index (χ2v) is 17.0. The molecule has 4 saturated carbocycles. The molecular weight excluding hydrogens is 604 g/mol. The molecule has 10 atom stereocenters. The molecule has 48 heavy (non-hydrogen) atoms. The number of esters is 2. The van der Waals surface area contributed by atoms with E-state index in [1.54, 1.807) is 0 Å². The average molecular weight is 671 g/mol. The maximum Gasteiger partial charge on any atom is 0.331 e. The molecule has 7 heteroatoms. The summed E-state index contributed by atoms with van der Waals surface area (Å²) in [5.74, 6) is -1.09. The molecule has 4 rings (SSSR count). The third-order valence-corrected chi connectivity index (χ3v) is 13.8. The van der Waals surface area contributed by atoms with Crippen molar-refractivity contribution in [3.63, 3.8) is 0 Å². The predicted molar refractivity (Wildman–Crippen MR) is 189 cm³/mol. The molecule has 2 N–H and O–H groups in total. The Morgan fingerprint density at radius 3 is 2.19 bits per heavy atom. The number of carbonyl (C=O) groups excluding carboxylic acids is 2. The van der Waals surface area contributed by atoms with Crippen LogP contribution in [0.15, 0.2) is 22.8 Å². The summed E-state index contributed by atoms with van der Waals surface area (Å²) in [7, 11) is 0. The first-order chi connectivity index (χ1) is 22.6. The van der Waals surface area contributed by atoms with Gasteiger partial charge in [0.2, 0.25) is 0 Å². The fourth-order valence-corrected chi connectivity index (χ4v) is 11.4. The van der Waals surface area contributed by atoms with Crippen LogP contribution >= 0.6 is 0 Å². The lowest BCUT2D eigenvalue weighted by Crippen LogP contribution is -2.65. The van der Waals surface area contributed by atoms with Gasteiger partial charge in [-0.1, -0.05) is 84.8 Å². The minimum absolute atomic E-state index is 0.00749. The lowest BCUT2D eigenvalue weighted by molar-refractivity contribution is -0.236. The van der Waals surface area contributed by atoms with Crippen molar-refractivity contribution in [2.45, 2.75) is 176 Å². The van der Waals surface area contributed by atoms with Gasteiger partial charge in [-0.3, -0.25) is 9.59 Å². The van der Waals surface area contributed by atoms with E-state index in [4.69, 9.17) is 9.47 Å². The second kappa shape index (κ2) is 15.8. The Balaban J connectivity index is 1.55. The number of carbonyl (C=O) groups is 3. The highest BCUT2D eigenvalue weighted by Gasteiger charge is 2.71. The van der Waals surface area contributed by atoms with E-state index in [-0.39, 0.29) is 46.1 Å². The fraction of sp³-hybridized carbons (Fsp3) is 0.829. The topological polar surface area (TPSA) is 110 Å². The number of carboxylic acid groups (broad SMARTS) is 1. The Bertz CT molecular complexity index is 1230. The number of carboxylic acids is 1. The molecule has 0 aromatic carbocycles. The van der Waals surface area contributed by atoms with E-state index < -0.39 is 24.1 Å². The van der Waals surface area contributed by atoms with Crippen molar-refractivity contribution in [1.29, 1.82) is 0 Å². The standard InChI is InChI=1S/C41H66O7/c1-9-10-11-12-13-14-15-19-35(44)48-33-21-22-39(6)30(27(33)4)20-23-40(7)37(39)32(43)24-31-36(29(38(45)46)18-16-17-26(2)3)34(47-28(5)42)25-41(31,40)8/h17,27,30-34,37,43H,9-16,18-25H2,1-8H3,(H,45,46)/b36-29-/t27-,30-,31-,32+,33+,34-,37-,39-,40-,41-/m0/s1. The van der Waals surface area contributed by atoms with Crippen LogP contribution in [0.4, 0.5) is 0 Å². The monoisotopic (exact) mass is 670 g/mol. The predicted octanol–water partition coefficient (Wildman–Crippen LogP) is 9.36. The van der Waals surface area contributed by atoms with Crippen LogP contribution in [-0.4, -0.2) is 46.4 Å². The maximum atomic E-state index is 12.9. The highest BCUT2D eigenvalue weighted by molar-refractivity contribution is 5.88. The quantitative estimate of drug-likeness (QED) is 0.0820. The van der Waals surface area contributed by atoms with Gasteiger partial charge in [0.1, 0.15) is 12.2 Å². The van der Waals surface area contributed by atoms with Crippen molar-refractivity contribution >= 4 is 17.9 Å². The second-order valence-electron chi connectivity index (χ2n) is 17.0. The first-order valence-corrected chi connectivity index (χ1v) is 19.2. The molecule has 0 saturated heterocycles. The van der Waals surface area contributed by atoms with Crippen molar-refractivity contribution in [2.24, 2.45) is 39.9 Å². The van der Waals surface area contributed by atoms with Crippen LogP contribution in [0, 0.1) is 39.9 Å². The highest BCUT2D eigenvalue weighted by Crippen LogP contribution is 2.74. The fourth-order valence-electron chi connectivity index (χ4n) is 11.4. The summed E-state index contributed by atoms with van der Waals surface area (Å²) in [6.07, 6.45) is 15.0. The molecular formula is C41H66O7. The summed E-state index contributed by atoms with van der Waals surface area (Å²) >= 11 is 0. The van der Waals surface area contributed by atoms with Gasteiger partial charge >= 0.3 is 17.9 Å². The summed E-state index contributed by atoms with van der Waals surface area (Å²) in [4.78, 5) is 38.1. The van der Waals surface area contributed by atoms with E-state index >= 15 is 0 Å². The van der Waals surface area contributed by atoms with Crippen LogP contribution < -0.4 is 0 Å².